The number of methoxy groups -OCH3 is 1. The van der Waals surface area contributed by atoms with Crippen molar-refractivity contribution in [1.29, 1.82) is 0 Å². The summed E-state index contributed by atoms with van der Waals surface area (Å²) < 4.78 is 4.70. The van der Waals surface area contributed by atoms with Crippen molar-refractivity contribution in [3.8, 4) is 0 Å². The van der Waals surface area contributed by atoms with Gasteiger partial charge in [-0.3, -0.25) is 9.59 Å². The van der Waals surface area contributed by atoms with Gasteiger partial charge in [0.25, 0.3) is 5.91 Å². The Morgan fingerprint density at radius 1 is 1.50 bits per heavy atom. The highest BCUT2D eigenvalue weighted by atomic mass is 32.1. The molecule has 0 radical (unpaired) electrons. The van der Waals surface area contributed by atoms with Crippen LogP contribution in [0.4, 0.5) is 0 Å². The Labute approximate surface area is 120 Å². The monoisotopic (exact) mass is 300 g/mol. The van der Waals surface area contributed by atoms with Crippen molar-refractivity contribution in [2.75, 3.05) is 27.3 Å². The first kappa shape index (κ1) is 16.1. The fraction of sp³-hybridized carbons (Fsp3) is 0.417. The Morgan fingerprint density at radius 3 is 2.70 bits per heavy atom. The fourth-order valence-corrected chi connectivity index (χ4v) is 2.17. The minimum atomic E-state index is -1.19. The number of hydrogen-bond acceptors (Lipinski definition) is 5. The number of carboxylic acid groups (broad SMARTS) is 1. The third-order valence-electron chi connectivity index (χ3n) is 2.43. The second-order valence-corrected chi connectivity index (χ2v) is 5.00. The maximum Gasteiger partial charge on any atom is 0.328 e. The van der Waals surface area contributed by atoms with Crippen molar-refractivity contribution in [3.05, 3.63) is 22.4 Å². The van der Waals surface area contributed by atoms with Crippen LogP contribution in [0.1, 0.15) is 9.67 Å². The summed E-state index contributed by atoms with van der Waals surface area (Å²) in [6, 6.07) is 2.27. The van der Waals surface area contributed by atoms with Gasteiger partial charge in [0.2, 0.25) is 5.91 Å². The quantitative estimate of drug-likeness (QED) is 0.741. The second-order valence-electron chi connectivity index (χ2n) is 4.05. The van der Waals surface area contributed by atoms with Gasteiger partial charge in [-0.2, -0.15) is 0 Å². The van der Waals surface area contributed by atoms with E-state index in [-0.39, 0.29) is 19.1 Å². The van der Waals surface area contributed by atoms with Gasteiger partial charge in [0, 0.05) is 14.2 Å². The van der Waals surface area contributed by atoms with E-state index in [1.54, 1.807) is 17.5 Å². The smallest absolute Gasteiger partial charge is 0.328 e. The summed E-state index contributed by atoms with van der Waals surface area (Å²) in [5, 5.41) is 12.9. The zero-order valence-corrected chi connectivity index (χ0v) is 12.0. The van der Waals surface area contributed by atoms with Crippen molar-refractivity contribution in [2.24, 2.45) is 0 Å². The predicted molar refractivity (Wildman–Crippen MR) is 72.7 cm³/mol. The van der Waals surface area contributed by atoms with E-state index in [1.807, 2.05) is 0 Å². The van der Waals surface area contributed by atoms with Gasteiger partial charge in [-0.25, -0.2) is 4.79 Å². The lowest BCUT2D eigenvalue weighted by atomic mass is 10.3. The van der Waals surface area contributed by atoms with Crippen molar-refractivity contribution in [2.45, 2.75) is 6.04 Å². The number of thiophene rings is 1. The molecular weight excluding hydrogens is 284 g/mol. The molecule has 110 valence electrons. The lowest BCUT2D eigenvalue weighted by Crippen LogP contribution is -2.47. The Hall–Kier alpha value is -1.93. The molecule has 8 heteroatoms. The predicted octanol–water partition coefficient (Wildman–Crippen LogP) is 0.0359. The van der Waals surface area contributed by atoms with Gasteiger partial charge in [0.05, 0.1) is 18.0 Å². The van der Waals surface area contributed by atoms with Crippen LogP contribution in [-0.2, 0) is 14.3 Å². The normalized spacial score (nSPS) is 11.7. The first-order valence-electron chi connectivity index (χ1n) is 5.75. The van der Waals surface area contributed by atoms with E-state index < -0.39 is 17.9 Å². The molecule has 1 rings (SSSR count). The third-order valence-corrected chi connectivity index (χ3v) is 3.28. The molecule has 0 saturated carbocycles. The Bertz CT molecular complexity index is 474. The zero-order chi connectivity index (χ0) is 15.1. The first-order chi connectivity index (χ1) is 9.45. The molecule has 0 fully saturated rings. The number of nitrogens with one attached hydrogen (secondary N) is 1. The summed E-state index contributed by atoms with van der Waals surface area (Å²) in [4.78, 5) is 36.2. The highest BCUT2D eigenvalue weighted by Crippen LogP contribution is 2.10. The van der Waals surface area contributed by atoms with Crippen LogP contribution in [0, 0.1) is 0 Å². The molecule has 1 aromatic rings. The molecule has 7 nitrogen and oxygen atoms in total. The third kappa shape index (κ3) is 4.63. The van der Waals surface area contributed by atoms with Crippen LogP contribution >= 0.6 is 11.3 Å². The largest absolute Gasteiger partial charge is 0.480 e. The van der Waals surface area contributed by atoms with Crippen LogP contribution in [0.15, 0.2) is 17.5 Å². The van der Waals surface area contributed by atoms with Gasteiger partial charge in [0.1, 0.15) is 0 Å². The summed E-state index contributed by atoms with van der Waals surface area (Å²) in [7, 11) is 2.82. The number of amides is 2. The van der Waals surface area contributed by atoms with E-state index in [1.165, 1.54) is 30.4 Å². The molecule has 2 N–H and O–H groups in total. The maximum atomic E-state index is 11.9. The molecular formula is C12H16N2O5S. The van der Waals surface area contributed by atoms with Crippen molar-refractivity contribution < 1.29 is 24.2 Å². The highest BCUT2D eigenvalue weighted by molar-refractivity contribution is 7.12. The van der Waals surface area contributed by atoms with Crippen LogP contribution in [0.3, 0.4) is 0 Å². The van der Waals surface area contributed by atoms with Crippen LogP contribution in [0.2, 0.25) is 0 Å². The lowest BCUT2D eigenvalue weighted by Gasteiger charge is -2.18. The van der Waals surface area contributed by atoms with Gasteiger partial charge in [0.15, 0.2) is 6.04 Å². The van der Waals surface area contributed by atoms with Gasteiger partial charge >= 0.3 is 5.97 Å². The molecule has 0 aromatic carbocycles. The van der Waals surface area contributed by atoms with Crippen molar-refractivity contribution >= 4 is 29.1 Å². The van der Waals surface area contributed by atoms with Crippen LogP contribution in [0.25, 0.3) is 0 Å². The number of nitrogens with zero attached hydrogens (tertiary/aromatic N) is 1. The minimum absolute atomic E-state index is 0.135. The fourth-order valence-electron chi connectivity index (χ4n) is 1.46. The molecule has 0 aliphatic carbocycles. The number of likely N-dealkylation sites (N-methyl/N-ethyl adjacent to an activating group) is 1. The minimum Gasteiger partial charge on any atom is -0.480 e. The SMILES string of the molecule is COCC(NC(=O)CN(C)C(=O)c1cccs1)C(=O)O. The molecule has 1 atom stereocenters. The Kier molecular flexibility index (Phi) is 6.13. The molecule has 0 aliphatic heterocycles. The molecule has 20 heavy (non-hydrogen) atoms. The molecule has 0 aliphatic rings. The van der Waals surface area contributed by atoms with Crippen LogP contribution in [0.5, 0.6) is 0 Å². The number of carboxylic acids is 1. The Balaban J connectivity index is 2.53. The van der Waals surface area contributed by atoms with Crippen LogP contribution in [-0.4, -0.2) is 61.1 Å². The molecule has 1 aromatic heterocycles. The molecule has 2 amide bonds. The second kappa shape index (κ2) is 7.61. The maximum absolute atomic E-state index is 11.9. The summed E-state index contributed by atoms with van der Waals surface area (Å²) in [5.41, 5.74) is 0. The van der Waals surface area contributed by atoms with E-state index >= 15 is 0 Å². The summed E-state index contributed by atoms with van der Waals surface area (Å²) in [5.74, 6) is -2.02. The topological polar surface area (TPSA) is 95.9 Å². The zero-order valence-electron chi connectivity index (χ0n) is 11.2. The number of carbonyl (C=O) groups excluding carboxylic acids is 2. The van der Waals surface area contributed by atoms with E-state index in [2.05, 4.69) is 5.32 Å². The molecule has 0 saturated heterocycles. The average molecular weight is 300 g/mol. The first-order valence-corrected chi connectivity index (χ1v) is 6.63. The average Bonchev–Trinajstić information content (AvgIpc) is 2.90. The Morgan fingerprint density at radius 2 is 2.20 bits per heavy atom. The van der Waals surface area contributed by atoms with E-state index in [4.69, 9.17) is 9.84 Å². The van der Waals surface area contributed by atoms with E-state index in [0.29, 0.717) is 4.88 Å². The van der Waals surface area contributed by atoms with Crippen molar-refractivity contribution in [3.63, 3.8) is 0 Å². The number of ether oxygens (including phenoxy) is 1. The number of hydrogen-bond donors (Lipinski definition) is 2. The molecule has 1 heterocycles. The number of carbonyl (C=O) groups is 3. The van der Waals surface area contributed by atoms with Crippen LogP contribution < -0.4 is 5.32 Å². The number of aliphatic carboxylic acids is 1. The lowest BCUT2D eigenvalue weighted by molar-refractivity contribution is -0.143. The van der Waals surface area contributed by atoms with Crippen molar-refractivity contribution in [1.82, 2.24) is 10.2 Å². The highest BCUT2D eigenvalue weighted by Gasteiger charge is 2.22. The summed E-state index contributed by atoms with van der Waals surface area (Å²) >= 11 is 1.28. The molecule has 0 bridgehead atoms. The summed E-state index contributed by atoms with van der Waals surface area (Å²) in [6.07, 6.45) is 0. The molecule has 1 unspecified atom stereocenters. The van der Waals surface area contributed by atoms with Gasteiger partial charge in [-0.05, 0) is 11.4 Å². The van der Waals surface area contributed by atoms with Gasteiger partial charge in [-0.1, -0.05) is 6.07 Å². The van der Waals surface area contributed by atoms with Gasteiger partial charge < -0.3 is 20.1 Å². The standard InChI is InChI=1S/C12H16N2O5S/c1-14(11(16)9-4-3-5-20-9)6-10(15)13-8(7-19-2)12(17)18/h3-5,8H,6-7H2,1-2H3,(H,13,15)(H,17,18). The van der Waals surface area contributed by atoms with Gasteiger partial charge in [-0.15, -0.1) is 11.3 Å². The van der Waals surface area contributed by atoms with E-state index in [9.17, 15) is 14.4 Å². The summed E-state index contributed by atoms with van der Waals surface area (Å²) in [6.45, 7) is -0.353. The van der Waals surface area contributed by atoms with E-state index in [0.717, 1.165) is 0 Å². The molecule has 0 spiro atoms. The number of rotatable bonds is 7.